The molecule has 7 nitrogen and oxygen atoms in total. The van der Waals surface area contributed by atoms with Gasteiger partial charge in [-0.1, -0.05) is 18.2 Å². The maximum absolute atomic E-state index is 12.8. The van der Waals surface area contributed by atoms with Gasteiger partial charge in [0, 0.05) is 43.2 Å². The number of aromatic nitrogens is 1. The number of nitrogens with zero attached hydrogens (tertiary/aromatic N) is 3. The van der Waals surface area contributed by atoms with E-state index >= 15 is 0 Å². The first kappa shape index (κ1) is 22.6. The molecule has 3 aromatic rings. The number of carbonyl (C=O) groups excluding carboxylic acids is 1. The second kappa shape index (κ2) is 10.8. The van der Waals surface area contributed by atoms with Crippen LogP contribution >= 0.6 is 0 Å². The van der Waals surface area contributed by atoms with Crippen LogP contribution in [0.5, 0.6) is 5.75 Å². The summed E-state index contributed by atoms with van der Waals surface area (Å²) in [5.74, 6) is 0.633. The van der Waals surface area contributed by atoms with Crippen molar-refractivity contribution in [3.8, 4) is 5.75 Å². The van der Waals surface area contributed by atoms with E-state index < -0.39 is 4.92 Å². The van der Waals surface area contributed by atoms with Gasteiger partial charge in [0.05, 0.1) is 18.6 Å². The quantitative estimate of drug-likeness (QED) is 0.202. The second-order valence-corrected chi connectivity index (χ2v) is 7.17. The van der Waals surface area contributed by atoms with E-state index in [-0.39, 0.29) is 11.6 Å². The van der Waals surface area contributed by atoms with E-state index in [0.717, 1.165) is 17.0 Å². The Hall–Kier alpha value is -4.13. The lowest BCUT2D eigenvalue weighted by Gasteiger charge is -2.21. The highest BCUT2D eigenvalue weighted by atomic mass is 16.6. The van der Waals surface area contributed by atoms with Crippen LogP contribution in [0.25, 0.3) is 6.08 Å². The molecule has 7 heteroatoms. The molecule has 0 saturated heterocycles. The van der Waals surface area contributed by atoms with Crippen molar-refractivity contribution in [2.75, 3.05) is 13.7 Å². The molecule has 32 heavy (non-hydrogen) atoms. The number of hydrogen-bond acceptors (Lipinski definition) is 4. The fourth-order valence-corrected chi connectivity index (χ4v) is 3.28. The van der Waals surface area contributed by atoms with Crippen LogP contribution in [0.15, 0.2) is 85.6 Å². The molecule has 3 rings (SSSR count). The topological polar surface area (TPSA) is 77.6 Å². The summed E-state index contributed by atoms with van der Waals surface area (Å²) in [6, 6.07) is 17.9. The summed E-state index contributed by atoms with van der Waals surface area (Å²) in [5, 5.41) is 10.8. The van der Waals surface area contributed by atoms with Crippen LogP contribution in [0.2, 0.25) is 0 Å². The normalized spacial score (nSPS) is 10.8. The molecule has 0 aliphatic heterocycles. The van der Waals surface area contributed by atoms with Gasteiger partial charge >= 0.3 is 0 Å². The maximum Gasteiger partial charge on any atom is 0.269 e. The summed E-state index contributed by atoms with van der Waals surface area (Å²) in [7, 11) is 1.64. The summed E-state index contributed by atoms with van der Waals surface area (Å²) < 4.78 is 7.40. The number of non-ortho nitro benzene ring substituents is 1. The van der Waals surface area contributed by atoms with Crippen LogP contribution in [-0.4, -0.2) is 34.0 Å². The Labute approximate surface area is 187 Å². The zero-order valence-corrected chi connectivity index (χ0v) is 17.9. The van der Waals surface area contributed by atoms with Crippen molar-refractivity contribution in [1.82, 2.24) is 9.47 Å². The third-order valence-electron chi connectivity index (χ3n) is 4.95. The largest absolute Gasteiger partial charge is 0.497 e. The first-order chi connectivity index (χ1) is 15.5. The lowest BCUT2D eigenvalue weighted by Crippen LogP contribution is -2.30. The van der Waals surface area contributed by atoms with Gasteiger partial charge in [-0.2, -0.15) is 0 Å². The molecular formula is C25H25N3O4. The van der Waals surface area contributed by atoms with Gasteiger partial charge in [-0.05, 0) is 53.6 Å². The smallest absolute Gasteiger partial charge is 0.269 e. The number of ether oxygens (including phenoxy) is 1. The zero-order valence-electron chi connectivity index (χ0n) is 17.9. The van der Waals surface area contributed by atoms with Crippen molar-refractivity contribution in [3.63, 3.8) is 0 Å². The molecule has 0 aliphatic rings. The number of rotatable bonds is 10. The predicted molar refractivity (Wildman–Crippen MR) is 124 cm³/mol. The van der Waals surface area contributed by atoms with Crippen molar-refractivity contribution in [2.24, 2.45) is 0 Å². The van der Waals surface area contributed by atoms with Crippen LogP contribution in [0, 0.1) is 10.1 Å². The third kappa shape index (κ3) is 5.95. The lowest BCUT2D eigenvalue weighted by molar-refractivity contribution is -0.384. The number of hydrogen-bond donors (Lipinski definition) is 0. The van der Waals surface area contributed by atoms with Crippen LogP contribution in [0.3, 0.4) is 0 Å². The van der Waals surface area contributed by atoms with E-state index in [0.29, 0.717) is 25.2 Å². The van der Waals surface area contributed by atoms with Crippen molar-refractivity contribution in [1.29, 1.82) is 0 Å². The Bertz CT molecular complexity index is 1120. The molecule has 0 bridgehead atoms. The minimum absolute atomic E-state index is 0.0126. The molecule has 164 valence electrons. The number of benzene rings is 2. The molecule has 0 spiro atoms. The van der Waals surface area contributed by atoms with Crippen molar-refractivity contribution in [2.45, 2.75) is 13.1 Å². The Kier molecular flexibility index (Phi) is 7.59. The van der Waals surface area contributed by atoms with Gasteiger partial charge in [-0.15, -0.1) is 6.58 Å². The monoisotopic (exact) mass is 431 g/mol. The van der Waals surface area contributed by atoms with E-state index in [9.17, 15) is 14.9 Å². The molecule has 0 unspecified atom stereocenters. The summed E-state index contributed by atoms with van der Waals surface area (Å²) in [4.78, 5) is 24.8. The van der Waals surface area contributed by atoms with E-state index in [1.165, 1.54) is 18.2 Å². The Morgan fingerprint density at radius 1 is 1.19 bits per heavy atom. The summed E-state index contributed by atoms with van der Waals surface area (Å²) in [5.41, 5.74) is 2.82. The summed E-state index contributed by atoms with van der Waals surface area (Å²) in [6.45, 7) is 5.24. The molecule has 0 aliphatic carbocycles. The van der Waals surface area contributed by atoms with Crippen LogP contribution < -0.4 is 4.74 Å². The molecule has 2 aromatic carbocycles. The van der Waals surface area contributed by atoms with Gasteiger partial charge in [0.1, 0.15) is 5.75 Å². The summed E-state index contributed by atoms with van der Waals surface area (Å²) in [6.07, 6.45) is 6.79. The SMILES string of the molecule is C=CCN(Cc1cccn1Cc1cccc(OC)c1)C(=O)/C=C/c1ccc([N+](=O)[O-])cc1. The van der Waals surface area contributed by atoms with Gasteiger partial charge in [0.25, 0.3) is 5.69 Å². The van der Waals surface area contributed by atoms with Crippen LogP contribution in [-0.2, 0) is 17.9 Å². The van der Waals surface area contributed by atoms with Gasteiger partial charge in [0.2, 0.25) is 5.91 Å². The molecule has 0 radical (unpaired) electrons. The number of methoxy groups -OCH3 is 1. The van der Waals surface area contributed by atoms with E-state index in [1.54, 1.807) is 36.3 Å². The molecular weight excluding hydrogens is 406 g/mol. The molecule has 0 fully saturated rings. The van der Waals surface area contributed by atoms with E-state index in [1.807, 2.05) is 42.6 Å². The number of nitro groups is 1. The maximum atomic E-state index is 12.8. The number of carbonyl (C=O) groups is 1. The van der Waals surface area contributed by atoms with Gasteiger partial charge in [-0.3, -0.25) is 14.9 Å². The van der Waals surface area contributed by atoms with Crippen LogP contribution in [0.1, 0.15) is 16.8 Å². The predicted octanol–water partition coefficient (Wildman–Crippen LogP) is 4.68. The van der Waals surface area contributed by atoms with Gasteiger partial charge in [0.15, 0.2) is 0 Å². The fraction of sp³-hybridized carbons (Fsp3) is 0.160. The minimum atomic E-state index is -0.453. The van der Waals surface area contributed by atoms with Crippen molar-refractivity contribution >= 4 is 17.7 Å². The highest BCUT2D eigenvalue weighted by Crippen LogP contribution is 2.17. The average molecular weight is 431 g/mol. The zero-order chi connectivity index (χ0) is 22.9. The standard InChI is InChI=1S/C25H25N3O4/c1-3-15-27(25(29)14-11-20-9-12-22(13-10-20)28(30)31)19-23-7-5-16-26(23)18-21-6-4-8-24(17-21)32-2/h3-14,16-17H,1,15,18-19H2,2H3/b14-11+. The van der Waals surface area contributed by atoms with Gasteiger partial charge in [-0.25, -0.2) is 0 Å². The second-order valence-electron chi connectivity index (χ2n) is 7.17. The molecule has 1 heterocycles. The first-order valence-electron chi connectivity index (χ1n) is 10.1. The van der Waals surface area contributed by atoms with Crippen molar-refractivity contribution < 1.29 is 14.5 Å². The Morgan fingerprint density at radius 2 is 1.97 bits per heavy atom. The minimum Gasteiger partial charge on any atom is -0.497 e. The first-order valence-corrected chi connectivity index (χ1v) is 10.1. The molecule has 1 amide bonds. The number of nitro benzene ring substituents is 1. The molecule has 1 aromatic heterocycles. The molecule has 0 N–H and O–H groups in total. The molecule has 0 saturated carbocycles. The van der Waals surface area contributed by atoms with E-state index in [2.05, 4.69) is 11.1 Å². The Morgan fingerprint density at radius 3 is 2.66 bits per heavy atom. The lowest BCUT2D eigenvalue weighted by atomic mass is 10.2. The van der Waals surface area contributed by atoms with Crippen LogP contribution in [0.4, 0.5) is 5.69 Å². The Balaban J connectivity index is 1.71. The van der Waals surface area contributed by atoms with Crippen molar-refractivity contribution in [3.05, 3.63) is 113 Å². The highest BCUT2D eigenvalue weighted by Gasteiger charge is 2.13. The average Bonchev–Trinajstić information content (AvgIpc) is 3.24. The molecule has 0 atom stereocenters. The summed E-state index contributed by atoms with van der Waals surface area (Å²) >= 11 is 0. The number of amides is 1. The highest BCUT2D eigenvalue weighted by molar-refractivity contribution is 5.91. The fourth-order valence-electron chi connectivity index (χ4n) is 3.28. The van der Waals surface area contributed by atoms with Gasteiger partial charge < -0.3 is 14.2 Å². The van der Waals surface area contributed by atoms with E-state index in [4.69, 9.17) is 4.74 Å². The third-order valence-corrected chi connectivity index (χ3v) is 4.95.